The van der Waals surface area contributed by atoms with Crippen LogP contribution < -0.4 is 0 Å². The summed E-state index contributed by atoms with van der Waals surface area (Å²) < 4.78 is 4.20. The van der Waals surface area contributed by atoms with Gasteiger partial charge in [-0.25, -0.2) is 4.98 Å². The summed E-state index contributed by atoms with van der Waals surface area (Å²) in [6, 6.07) is 14.6. The zero-order chi connectivity index (χ0) is 17.8. The second kappa shape index (κ2) is 7.60. The maximum Gasteiger partial charge on any atom is 0.270 e. The number of aryl methyl sites for hydroxylation is 2. The Hall–Kier alpha value is -2.82. The molecule has 0 saturated carbocycles. The van der Waals surface area contributed by atoms with E-state index in [0.717, 1.165) is 44.6 Å². The van der Waals surface area contributed by atoms with Crippen molar-refractivity contribution in [1.29, 1.82) is 0 Å². The van der Waals surface area contributed by atoms with E-state index in [2.05, 4.69) is 38.4 Å². The number of carbonyl (C=O) groups is 1. The van der Waals surface area contributed by atoms with E-state index in [1.54, 1.807) is 6.20 Å². The summed E-state index contributed by atoms with van der Waals surface area (Å²) in [4.78, 5) is 19.2. The van der Waals surface area contributed by atoms with Crippen molar-refractivity contribution in [3.8, 4) is 0 Å². The summed E-state index contributed by atoms with van der Waals surface area (Å²) in [5, 5.41) is 0. The summed E-state index contributed by atoms with van der Waals surface area (Å²) in [7, 11) is 0. The molecule has 0 radical (unpaired) electrons. The number of aromatic nitrogens is 3. The molecule has 0 unspecified atom stereocenters. The molecular weight excluding hydrogens is 324 g/mol. The third kappa shape index (κ3) is 3.57. The van der Waals surface area contributed by atoms with Gasteiger partial charge in [-0.3, -0.25) is 4.79 Å². The molecule has 4 rings (SSSR count). The minimum absolute atomic E-state index is 0.132. The fourth-order valence-electron chi connectivity index (χ4n) is 3.73. The Morgan fingerprint density at radius 3 is 2.81 bits per heavy atom. The topological polar surface area (TPSA) is 43.1 Å². The van der Waals surface area contributed by atoms with Crippen LogP contribution in [0.4, 0.5) is 0 Å². The lowest BCUT2D eigenvalue weighted by atomic mass is 10.1. The Morgan fingerprint density at radius 1 is 1.12 bits per heavy atom. The van der Waals surface area contributed by atoms with Crippen molar-refractivity contribution in [3.05, 3.63) is 78.6 Å². The smallest absolute Gasteiger partial charge is 0.270 e. The van der Waals surface area contributed by atoms with Gasteiger partial charge in [-0.05, 0) is 37.0 Å². The van der Waals surface area contributed by atoms with Crippen molar-refractivity contribution >= 4 is 5.91 Å². The molecule has 1 fully saturated rings. The van der Waals surface area contributed by atoms with Gasteiger partial charge in [0.2, 0.25) is 0 Å². The molecule has 1 saturated heterocycles. The van der Waals surface area contributed by atoms with Crippen LogP contribution in [-0.2, 0) is 13.0 Å². The van der Waals surface area contributed by atoms with E-state index in [-0.39, 0.29) is 5.91 Å². The van der Waals surface area contributed by atoms with Crippen LogP contribution in [0.3, 0.4) is 0 Å². The number of nitrogens with zero attached hydrogens (tertiary/aromatic N) is 4. The second-order valence-electron chi connectivity index (χ2n) is 6.88. The molecule has 0 spiro atoms. The first-order chi connectivity index (χ1) is 12.8. The van der Waals surface area contributed by atoms with Crippen molar-refractivity contribution in [2.24, 2.45) is 0 Å². The van der Waals surface area contributed by atoms with Crippen molar-refractivity contribution in [1.82, 2.24) is 19.0 Å². The fraction of sp³-hybridized carbons (Fsp3) is 0.333. The Labute approximate surface area is 153 Å². The Balaban J connectivity index is 1.44. The molecule has 0 aliphatic carbocycles. The van der Waals surface area contributed by atoms with Crippen molar-refractivity contribution in [3.63, 3.8) is 0 Å². The third-order valence-electron chi connectivity index (χ3n) is 5.16. The molecule has 3 aromatic rings. The van der Waals surface area contributed by atoms with Crippen molar-refractivity contribution < 1.29 is 4.79 Å². The van der Waals surface area contributed by atoms with Crippen LogP contribution in [0.25, 0.3) is 0 Å². The van der Waals surface area contributed by atoms with Crippen LogP contribution in [0.15, 0.2) is 67.4 Å². The third-order valence-corrected chi connectivity index (χ3v) is 5.16. The highest BCUT2D eigenvalue weighted by Gasteiger charge is 2.26. The first-order valence-electron chi connectivity index (χ1n) is 9.27. The summed E-state index contributed by atoms with van der Waals surface area (Å²) in [6.07, 6.45) is 10.7. The number of hydrogen-bond donors (Lipinski definition) is 0. The molecule has 26 heavy (non-hydrogen) atoms. The van der Waals surface area contributed by atoms with Crippen LogP contribution in [0.2, 0.25) is 0 Å². The molecule has 1 atom stereocenters. The van der Waals surface area contributed by atoms with Gasteiger partial charge >= 0.3 is 0 Å². The van der Waals surface area contributed by atoms with Gasteiger partial charge in [0.25, 0.3) is 5.91 Å². The summed E-state index contributed by atoms with van der Waals surface area (Å²) in [5.74, 6) is 0.132. The maximum atomic E-state index is 13.1. The number of amides is 1. The highest BCUT2D eigenvalue weighted by Crippen LogP contribution is 2.23. The Bertz CT molecular complexity index is 838. The molecule has 3 heterocycles. The zero-order valence-electron chi connectivity index (χ0n) is 14.9. The highest BCUT2D eigenvalue weighted by atomic mass is 16.2. The van der Waals surface area contributed by atoms with Crippen LogP contribution in [0, 0.1) is 0 Å². The molecule has 0 bridgehead atoms. The lowest BCUT2D eigenvalue weighted by Crippen LogP contribution is -2.41. The van der Waals surface area contributed by atoms with Gasteiger partial charge in [-0.2, -0.15) is 0 Å². The number of piperidine rings is 1. The number of imidazole rings is 1. The Kier molecular flexibility index (Phi) is 4.86. The standard InChI is InChI=1S/C21H24N4O/c26-21(24-13-4-8-19(16-24)25-15-11-22-17-25)20-9-5-12-23(20)14-10-18-6-2-1-3-7-18/h1-3,5-7,9,11-12,15,17,19H,4,8,10,13-14,16H2/t19-/m0/s1. The molecule has 0 N–H and O–H groups in total. The Morgan fingerprint density at radius 2 is 2.00 bits per heavy atom. The SMILES string of the molecule is O=C(c1cccn1CCc1ccccc1)N1CCC[C@H](n2ccnc2)C1. The second-order valence-corrected chi connectivity index (χ2v) is 6.88. The van der Waals surface area contributed by atoms with E-state index in [1.807, 2.05) is 41.8 Å². The van der Waals surface area contributed by atoms with Gasteiger partial charge in [-0.15, -0.1) is 0 Å². The van der Waals surface area contributed by atoms with Crippen molar-refractivity contribution in [2.45, 2.75) is 31.8 Å². The van der Waals surface area contributed by atoms with Gasteiger partial charge in [0.1, 0.15) is 5.69 Å². The van der Waals surface area contributed by atoms with E-state index in [0.29, 0.717) is 6.04 Å². The van der Waals surface area contributed by atoms with Crippen LogP contribution in [0.5, 0.6) is 0 Å². The predicted molar refractivity (Wildman–Crippen MR) is 101 cm³/mol. The number of carbonyl (C=O) groups excluding carboxylic acids is 1. The van der Waals surface area contributed by atoms with Crippen LogP contribution in [0.1, 0.15) is 34.9 Å². The summed E-state index contributed by atoms with van der Waals surface area (Å²) in [5.41, 5.74) is 2.07. The normalized spacial score (nSPS) is 17.4. The average molecular weight is 348 g/mol. The van der Waals surface area contributed by atoms with E-state index in [1.165, 1.54) is 5.56 Å². The molecule has 1 amide bonds. The first-order valence-corrected chi connectivity index (χ1v) is 9.27. The molecule has 5 heteroatoms. The minimum Gasteiger partial charge on any atom is -0.343 e. The molecule has 1 aliphatic rings. The average Bonchev–Trinajstić information content (AvgIpc) is 3.39. The fourth-order valence-corrected chi connectivity index (χ4v) is 3.73. The number of benzene rings is 1. The lowest BCUT2D eigenvalue weighted by Gasteiger charge is -2.33. The molecule has 1 aromatic carbocycles. The number of rotatable bonds is 5. The van der Waals surface area contributed by atoms with Gasteiger partial charge in [-0.1, -0.05) is 30.3 Å². The lowest BCUT2D eigenvalue weighted by molar-refractivity contribution is 0.0668. The van der Waals surface area contributed by atoms with Gasteiger partial charge in [0.15, 0.2) is 0 Å². The van der Waals surface area contributed by atoms with Crippen LogP contribution in [-0.4, -0.2) is 38.0 Å². The van der Waals surface area contributed by atoms with Crippen molar-refractivity contribution in [2.75, 3.05) is 13.1 Å². The minimum atomic E-state index is 0.132. The number of hydrogen-bond acceptors (Lipinski definition) is 2. The largest absolute Gasteiger partial charge is 0.343 e. The predicted octanol–water partition coefficient (Wildman–Crippen LogP) is 3.40. The molecule has 134 valence electrons. The van der Waals surface area contributed by atoms with Crippen LogP contribution >= 0.6 is 0 Å². The molecule has 5 nitrogen and oxygen atoms in total. The summed E-state index contributed by atoms with van der Waals surface area (Å²) >= 11 is 0. The van der Waals surface area contributed by atoms with E-state index in [4.69, 9.17) is 0 Å². The van der Waals surface area contributed by atoms with Gasteiger partial charge < -0.3 is 14.0 Å². The van der Waals surface area contributed by atoms with E-state index < -0.39 is 0 Å². The van der Waals surface area contributed by atoms with Gasteiger partial charge in [0, 0.05) is 38.2 Å². The van der Waals surface area contributed by atoms with E-state index >= 15 is 0 Å². The first kappa shape index (κ1) is 16.6. The molecule has 1 aliphatic heterocycles. The van der Waals surface area contributed by atoms with E-state index in [9.17, 15) is 4.79 Å². The van der Waals surface area contributed by atoms with Gasteiger partial charge in [0.05, 0.1) is 12.4 Å². The highest BCUT2D eigenvalue weighted by molar-refractivity contribution is 5.92. The zero-order valence-corrected chi connectivity index (χ0v) is 14.9. The molecular formula is C21H24N4O. The maximum absolute atomic E-state index is 13.1. The quantitative estimate of drug-likeness (QED) is 0.709. The molecule has 2 aromatic heterocycles. The monoisotopic (exact) mass is 348 g/mol. The number of likely N-dealkylation sites (tertiary alicyclic amines) is 1. The summed E-state index contributed by atoms with van der Waals surface area (Å²) in [6.45, 7) is 2.39.